The number of methoxy groups -OCH3 is 1. The zero-order valence-corrected chi connectivity index (χ0v) is 9.67. The predicted octanol–water partition coefficient (Wildman–Crippen LogP) is 2.43. The molecule has 0 amide bonds. The minimum atomic E-state index is -5.05. The average Bonchev–Trinajstić information content (AvgIpc) is 2.26. The fourth-order valence-corrected chi connectivity index (χ4v) is 1.28. The van der Waals surface area contributed by atoms with E-state index in [0.29, 0.717) is 0 Å². The molecule has 0 aliphatic rings. The lowest BCUT2D eigenvalue weighted by Gasteiger charge is -2.14. The molecular weight excluding hydrogens is 279 g/mol. The van der Waals surface area contributed by atoms with Crippen LogP contribution in [0, 0.1) is 0 Å². The van der Waals surface area contributed by atoms with Gasteiger partial charge >= 0.3 is 12.3 Å². The maximum atomic E-state index is 12.2. The minimum absolute atomic E-state index is 0.0560. The molecule has 0 saturated carbocycles. The molecule has 5 nitrogen and oxygen atoms in total. The van der Waals surface area contributed by atoms with E-state index in [1.165, 1.54) is 0 Å². The standard InChI is InChI=1S/C9H7ClF3NO4/c1-17-7-6(18-9(11,12)13)5(8(15)16)2-4(3-10)14-7/h2H,3H2,1H3,(H,15,16). The summed E-state index contributed by atoms with van der Waals surface area (Å²) < 4.78 is 44.6. The molecule has 0 unspecified atom stereocenters. The third-order valence-electron chi connectivity index (χ3n) is 1.77. The van der Waals surface area contributed by atoms with Crippen molar-refractivity contribution < 1.29 is 32.5 Å². The van der Waals surface area contributed by atoms with Crippen LogP contribution in [0.5, 0.6) is 11.6 Å². The van der Waals surface area contributed by atoms with Crippen LogP contribution in [0.15, 0.2) is 6.07 Å². The smallest absolute Gasteiger partial charge is 0.478 e. The van der Waals surface area contributed by atoms with Gasteiger partial charge in [-0.05, 0) is 6.07 Å². The fraction of sp³-hybridized carbons (Fsp3) is 0.333. The Bertz CT molecular complexity index is 464. The van der Waals surface area contributed by atoms with Gasteiger partial charge in [0.15, 0.2) is 0 Å². The molecule has 0 bridgehead atoms. The van der Waals surface area contributed by atoms with Gasteiger partial charge in [0.1, 0.15) is 5.56 Å². The number of alkyl halides is 4. The summed E-state index contributed by atoms with van der Waals surface area (Å²) >= 11 is 5.44. The molecule has 100 valence electrons. The molecule has 0 aromatic carbocycles. The van der Waals surface area contributed by atoms with Crippen LogP contribution in [0.1, 0.15) is 16.1 Å². The summed E-state index contributed by atoms with van der Waals surface area (Å²) in [5.41, 5.74) is -0.671. The molecule has 9 heteroatoms. The van der Waals surface area contributed by atoms with Crippen molar-refractivity contribution in [2.45, 2.75) is 12.2 Å². The van der Waals surface area contributed by atoms with E-state index < -0.39 is 29.5 Å². The highest BCUT2D eigenvalue weighted by molar-refractivity contribution is 6.17. The van der Waals surface area contributed by atoms with Crippen molar-refractivity contribution in [1.29, 1.82) is 0 Å². The van der Waals surface area contributed by atoms with Crippen LogP contribution in [0.3, 0.4) is 0 Å². The number of hydrogen-bond acceptors (Lipinski definition) is 4. The van der Waals surface area contributed by atoms with Gasteiger partial charge in [-0.1, -0.05) is 0 Å². The lowest BCUT2D eigenvalue weighted by molar-refractivity contribution is -0.275. The second kappa shape index (κ2) is 5.30. The first-order chi connectivity index (χ1) is 8.28. The van der Waals surface area contributed by atoms with Gasteiger partial charge in [0, 0.05) is 0 Å². The average molecular weight is 286 g/mol. The van der Waals surface area contributed by atoms with E-state index in [9.17, 15) is 18.0 Å². The number of nitrogens with zero attached hydrogens (tertiary/aromatic N) is 1. The largest absolute Gasteiger partial charge is 0.573 e. The molecule has 0 fully saturated rings. The third-order valence-corrected chi connectivity index (χ3v) is 2.05. The molecule has 1 aromatic rings. The van der Waals surface area contributed by atoms with E-state index in [-0.39, 0.29) is 11.6 Å². The van der Waals surface area contributed by atoms with Crippen LogP contribution in [0.25, 0.3) is 0 Å². The summed E-state index contributed by atoms with van der Waals surface area (Å²) in [5, 5.41) is 8.83. The van der Waals surface area contributed by atoms with Crippen LogP contribution in [0.2, 0.25) is 0 Å². The zero-order chi connectivity index (χ0) is 13.9. The SMILES string of the molecule is COc1nc(CCl)cc(C(=O)O)c1OC(F)(F)F. The number of carboxylic acid groups (broad SMARTS) is 1. The Morgan fingerprint density at radius 3 is 2.56 bits per heavy atom. The fourth-order valence-electron chi connectivity index (χ4n) is 1.14. The molecule has 1 aromatic heterocycles. The summed E-state index contributed by atoms with van der Waals surface area (Å²) in [5.74, 6) is -3.39. The number of ether oxygens (including phenoxy) is 2. The number of carboxylic acids is 1. The third kappa shape index (κ3) is 3.39. The quantitative estimate of drug-likeness (QED) is 0.861. The lowest BCUT2D eigenvalue weighted by Crippen LogP contribution is -2.20. The molecule has 1 heterocycles. The summed E-state index contributed by atoms with van der Waals surface area (Å²) in [7, 11) is 1.04. The molecule has 0 spiro atoms. The highest BCUT2D eigenvalue weighted by atomic mass is 35.5. The van der Waals surface area contributed by atoms with Crippen molar-refractivity contribution in [3.05, 3.63) is 17.3 Å². The van der Waals surface area contributed by atoms with E-state index in [0.717, 1.165) is 13.2 Å². The monoisotopic (exact) mass is 285 g/mol. The molecule has 1 rings (SSSR count). The van der Waals surface area contributed by atoms with Crippen LogP contribution in [-0.2, 0) is 5.88 Å². The summed E-state index contributed by atoms with van der Waals surface area (Å²) in [6.07, 6.45) is -5.05. The molecule has 0 saturated heterocycles. The Labute approximate surface area is 104 Å². The normalized spacial score (nSPS) is 11.2. The second-order valence-corrected chi connectivity index (χ2v) is 3.25. The zero-order valence-electron chi connectivity index (χ0n) is 8.92. The number of aromatic nitrogens is 1. The summed E-state index contributed by atoms with van der Waals surface area (Å²) in [6, 6.07) is 0.888. The highest BCUT2D eigenvalue weighted by Crippen LogP contribution is 2.34. The first-order valence-corrected chi connectivity index (χ1v) is 4.95. The molecule has 1 N–H and O–H groups in total. The van der Waals surface area contributed by atoms with Crippen LogP contribution < -0.4 is 9.47 Å². The Morgan fingerprint density at radius 2 is 2.17 bits per heavy atom. The maximum absolute atomic E-state index is 12.2. The number of pyridine rings is 1. The Morgan fingerprint density at radius 1 is 1.56 bits per heavy atom. The van der Waals surface area contributed by atoms with Gasteiger partial charge in [-0.15, -0.1) is 24.8 Å². The maximum Gasteiger partial charge on any atom is 0.573 e. The molecule has 0 aliphatic heterocycles. The second-order valence-electron chi connectivity index (χ2n) is 2.99. The summed E-state index contributed by atoms with van der Waals surface area (Å²) in [6.45, 7) is 0. The van der Waals surface area contributed by atoms with Gasteiger partial charge < -0.3 is 14.6 Å². The predicted molar refractivity (Wildman–Crippen MR) is 54.0 cm³/mol. The summed E-state index contributed by atoms with van der Waals surface area (Å²) in [4.78, 5) is 14.5. The van der Waals surface area contributed by atoms with Crippen molar-refractivity contribution in [3.8, 4) is 11.6 Å². The topological polar surface area (TPSA) is 68.7 Å². The lowest BCUT2D eigenvalue weighted by atomic mass is 10.2. The van der Waals surface area contributed by atoms with E-state index in [4.69, 9.17) is 16.7 Å². The van der Waals surface area contributed by atoms with Crippen LogP contribution in [0.4, 0.5) is 13.2 Å². The van der Waals surface area contributed by atoms with Crippen molar-refractivity contribution in [2.75, 3.05) is 7.11 Å². The van der Waals surface area contributed by atoms with E-state index in [2.05, 4.69) is 14.5 Å². The van der Waals surface area contributed by atoms with Gasteiger partial charge in [-0.3, -0.25) is 0 Å². The van der Waals surface area contributed by atoms with Crippen molar-refractivity contribution in [2.24, 2.45) is 0 Å². The van der Waals surface area contributed by atoms with E-state index >= 15 is 0 Å². The first kappa shape index (κ1) is 14.4. The number of halogens is 4. The van der Waals surface area contributed by atoms with Crippen molar-refractivity contribution in [3.63, 3.8) is 0 Å². The molecule has 0 radical (unpaired) electrons. The van der Waals surface area contributed by atoms with Gasteiger partial charge in [0.25, 0.3) is 5.88 Å². The van der Waals surface area contributed by atoms with Crippen LogP contribution in [-0.4, -0.2) is 29.5 Å². The van der Waals surface area contributed by atoms with Gasteiger partial charge in [-0.25, -0.2) is 9.78 Å². The molecular formula is C9H7ClF3NO4. The first-order valence-electron chi connectivity index (χ1n) is 4.41. The Balaban J connectivity index is 3.39. The number of aromatic carboxylic acids is 1. The van der Waals surface area contributed by atoms with Gasteiger partial charge in [-0.2, -0.15) is 0 Å². The van der Waals surface area contributed by atoms with Gasteiger partial charge in [0.2, 0.25) is 5.75 Å². The van der Waals surface area contributed by atoms with Crippen LogP contribution >= 0.6 is 11.6 Å². The Hall–Kier alpha value is -1.70. The van der Waals surface area contributed by atoms with Crippen molar-refractivity contribution in [1.82, 2.24) is 4.98 Å². The minimum Gasteiger partial charge on any atom is -0.478 e. The van der Waals surface area contributed by atoms with E-state index in [1.54, 1.807) is 0 Å². The van der Waals surface area contributed by atoms with Crippen molar-refractivity contribution >= 4 is 17.6 Å². The number of rotatable bonds is 4. The molecule has 0 aliphatic carbocycles. The van der Waals surface area contributed by atoms with Gasteiger partial charge in [0.05, 0.1) is 18.7 Å². The highest BCUT2D eigenvalue weighted by Gasteiger charge is 2.35. The molecule has 18 heavy (non-hydrogen) atoms. The van der Waals surface area contributed by atoms with E-state index in [1.807, 2.05) is 0 Å². The number of hydrogen-bond donors (Lipinski definition) is 1. The molecule has 0 atom stereocenters. The Kier molecular flexibility index (Phi) is 4.23. The number of carbonyl (C=O) groups is 1.